The third-order valence-electron chi connectivity index (χ3n) is 11.1. The number of rotatable bonds is 7. The molecule has 11 aromatic rings. The summed E-state index contributed by atoms with van der Waals surface area (Å²) in [6.07, 6.45) is 0. The zero-order chi connectivity index (χ0) is 39.8. The zero-order valence-electron chi connectivity index (χ0n) is 32.4. The molecule has 0 aliphatic carbocycles. The number of aromatic nitrogens is 5. The Balaban J connectivity index is 1.16. The first kappa shape index (κ1) is 35.0. The van der Waals surface area contributed by atoms with E-state index in [1.165, 1.54) is 0 Å². The number of fused-ring (bicyclic) bond motifs is 5. The van der Waals surface area contributed by atoms with Crippen LogP contribution in [-0.4, -0.2) is 24.9 Å². The van der Waals surface area contributed by atoms with Crippen LogP contribution < -0.4 is 0 Å². The van der Waals surface area contributed by atoms with Crippen molar-refractivity contribution in [2.75, 3.05) is 0 Å². The van der Waals surface area contributed by atoms with Gasteiger partial charge in [0.05, 0.1) is 45.0 Å². The van der Waals surface area contributed by atoms with Gasteiger partial charge in [0.2, 0.25) is 0 Å². The third-order valence-corrected chi connectivity index (χ3v) is 11.1. The molecule has 0 unspecified atom stereocenters. The quantitative estimate of drug-likeness (QED) is 0.151. The summed E-state index contributed by atoms with van der Waals surface area (Å²) in [4.78, 5) is 26.7. The Morgan fingerprint density at radius 3 is 1.28 bits per heavy atom. The summed E-state index contributed by atoms with van der Waals surface area (Å²) in [5.41, 5.74) is 14.9. The van der Waals surface area contributed by atoms with Gasteiger partial charge in [-0.1, -0.05) is 194 Å². The van der Waals surface area contributed by atoms with Gasteiger partial charge in [-0.2, -0.15) is 0 Å². The summed E-state index contributed by atoms with van der Waals surface area (Å²) in [5, 5.41) is 3.06. The monoisotopic (exact) mass is 765 g/mol. The Hall–Kier alpha value is -8.15. The van der Waals surface area contributed by atoms with Crippen LogP contribution in [0.15, 0.2) is 212 Å². The van der Waals surface area contributed by atoms with E-state index in [-0.39, 0.29) is 0 Å². The standard InChI is InChI=1S/C55H35N5/c1-6-18-36(19-7-1)44-34-45-49(54-53(44)59-51(39-22-10-3-11-23-39)52(60-54)40-24-12-4-13-25-40)43-28-16-17-29-46(43)56-50(45)41-32-30-38(31-33-41)48-35-47(37-20-8-2-9-21-37)57-55(58-48)42-26-14-5-15-27-42/h1-35H. The molecular formula is C55H35N5. The normalized spacial score (nSPS) is 11.3. The van der Waals surface area contributed by atoms with E-state index in [9.17, 15) is 0 Å². The highest BCUT2D eigenvalue weighted by Gasteiger charge is 2.22. The molecule has 5 heteroatoms. The first-order valence-corrected chi connectivity index (χ1v) is 20.1. The van der Waals surface area contributed by atoms with Crippen molar-refractivity contribution in [2.24, 2.45) is 0 Å². The maximum atomic E-state index is 5.64. The molecule has 5 nitrogen and oxygen atoms in total. The smallest absolute Gasteiger partial charge is 0.160 e. The van der Waals surface area contributed by atoms with Crippen LogP contribution in [0.25, 0.3) is 112 Å². The summed E-state index contributed by atoms with van der Waals surface area (Å²) in [5.74, 6) is 0.685. The van der Waals surface area contributed by atoms with E-state index < -0.39 is 0 Å². The van der Waals surface area contributed by atoms with Crippen molar-refractivity contribution in [1.82, 2.24) is 24.9 Å². The summed E-state index contributed by atoms with van der Waals surface area (Å²) in [6.45, 7) is 0. The highest BCUT2D eigenvalue weighted by molar-refractivity contribution is 6.24. The van der Waals surface area contributed by atoms with Crippen molar-refractivity contribution >= 4 is 32.7 Å². The van der Waals surface area contributed by atoms with Crippen LogP contribution >= 0.6 is 0 Å². The molecule has 0 bridgehead atoms. The SMILES string of the molecule is c1ccc(-c2cc(-c3ccc(-c4nc5ccccc5c5c4cc(-c4ccccc4)c4nc(-c6ccccc6)c(-c6ccccc6)nc45)cc3)nc(-c3ccccc3)n2)cc1. The lowest BCUT2D eigenvalue weighted by Crippen LogP contribution is -2.00. The molecule has 3 heterocycles. The fourth-order valence-corrected chi connectivity index (χ4v) is 8.15. The number of para-hydroxylation sites is 1. The molecular weight excluding hydrogens is 731 g/mol. The van der Waals surface area contributed by atoms with Gasteiger partial charge in [-0.05, 0) is 23.8 Å². The van der Waals surface area contributed by atoms with E-state index in [0.29, 0.717) is 5.82 Å². The molecule has 0 saturated heterocycles. The highest BCUT2D eigenvalue weighted by atomic mass is 14.9. The summed E-state index contributed by atoms with van der Waals surface area (Å²) >= 11 is 0. The molecule has 0 aliphatic rings. The van der Waals surface area contributed by atoms with Crippen molar-refractivity contribution < 1.29 is 0 Å². The topological polar surface area (TPSA) is 64.5 Å². The summed E-state index contributed by atoms with van der Waals surface area (Å²) in [6, 6.07) is 73.0. The first-order chi connectivity index (χ1) is 29.7. The maximum absolute atomic E-state index is 5.64. The van der Waals surface area contributed by atoms with Gasteiger partial charge in [0.1, 0.15) is 0 Å². The second kappa shape index (κ2) is 15.0. The van der Waals surface area contributed by atoms with Gasteiger partial charge in [0.15, 0.2) is 5.82 Å². The average Bonchev–Trinajstić information content (AvgIpc) is 3.34. The van der Waals surface area contributed by atoms with Crippen LogP contribution in [0.3, 0.4) is 0 Å². The molecule has 0 saturated carbocycles. The van der Waals surface area contributed by atoms with Crippen LogP contribution in [0.5, 0.6) is 0 Å². The van der Waals surface area contributed by atoms with Gasteiger partial charge in [0.25, 0.3) is 0 Å². The molecule has 0 amide bonds. The highest BCUT2D eigenvalue weighted by Crippen LogP contribution is 2.43. The molecule has 0 spiro atoms. The van der Waals surface area contributed by atoms with E-state index in [0.717, 1.165) is 106 Å². The van der Waals surface area contributed by atoms with Crippen LogP contribution in [0.1, 0.15) is 0 Å². The molecule has 0 atom stereocenters. The number of nitrogens with zero attached hydrogens (tertiary/aromatic N) is 5. The van der Waals surface area contributed by atoms with E-state index in [4.69, 9.17) is 24.9 Å². The van der Waals surface area contributed by atoms with Crippen LogP contribution in [0, 0.1) is 0 Å². The lowest BCUT2D eigenvalue weighted by Gasteiger charge is -2.18. The molecule has 3 aromatic heterocycles. The lowest BCUT2D eigenvalue weighted by molar-refractivity contribution is 1.18. The van der Waals surface area contributed by atoms with Crippen molar-refractivity contribution in [1.29, 1.82) is 0 Å². The average molecular weight is 766 g/mol. The van der Waals surface area contributed by atoms with E-state index in [1.807, 2.05) is 60.7 Å². The predicted molar refractivity (Wildman–Crippen MR) is 246 cm³/mol. The fourth-order valence-electron chi connectivity index (χ4n) is 8.15. The number of benzene rings is 8. The van der Waals surface area contributed by atoms with Crippen molar-refractivity contribution in [3.8, 4) is 78.8 Å². The minimum Gasteiger partial charge on any atom is -0.247 e. The molecule has 0 fully saturated rings. The maximum Gasteiger partial charge on any atom is 0.160 e. The Bertz CT molecular complexity index is 3260. The van der Waals surface area contributed by atoms with E-state index in [2.05, 4.69) is 152 Å². The minimum absolute atomic E-state index is 0.685. The van der Waals surface area contributed by atoms with Gasteiger partial charge >= 0.3 is 0 Å². The molecule has 8 aromatic carbocycles. The van der Waals surface area contributed by atoms with Gasteiger partial charge in [-0.15, -0.1) is 0 Å². The number of hydrogen-bond acceptors (Lipinski definition) is 5. The second-order valence-electron chi connectivity index (χ2n) is 14.8. The van der Waals surface area contributed by atoms with Gasteiger partial charge < -0.3 is 0 Å². The van der Waals surface area contributed by atoms with E-state index >= 15 is 0 Å². The van der Waals surface area contributed by atoms with Crippen LogP contribution in [0.4, 0.5) is 0 Å². The Morgan fingerprint density at radius 2 is 0.700 bits per heavy atom. The predicted octanol–water partition coefficient (Wildman–Crippen LogP) is 13.8. The van der Waals surface area contributed by atoms with Crippen LogP contribution in [0.2, 0.25) is 0 Å². The molecule has 0 radical (unpaired) electrons. The molecule has 0 N–H and O–H groups in total. The van der Waals surface area contributed by atoms with Crippen molar-refractivity contribution in [3.63, 3.8) is 0 Å². The second-order valence-corrected chi connectivity index (χ2v) is 14.8. The van der Waals surface area contributed by atoms with Crippen molar-refractivity contribution in [2.45, 2.75) is 0 Å². The van der Waals surface area contributed by atoms with Gasteiger partial charge in [0, 0.05) is 55.1 Å². The third kappa shape index (κ3) is 6.35. The summed E-state index contributed by atoms with van der Waals surface area (Å²) < 4.78 is 0. The van der Waals surface area contributed by atoms with Gasteiger partial charge in [-0.25, -0.2) is 24.9 Å². The molecule has 60 heavy (non-hydrogen) atoms. The molecule has 0 aliphatic heterocycles. The molecule has 280 valence electrons. The lowest BCUT2D eigenvalue weighted by atomic mass is 9.92. The van der Waals surface area contributed by atoms with Crippen molar-refractivity contribution in [3.05, 3.63) is 212 Å². The van der Waals surface area contributed by atoms with Gasteiger partial charge in [-0.3, -0.25) is 0 Å². The van der Waals surface area contributed by atoms with Crippen LogP contribution in [-0.2, 0) is 0 Å². The first-order valence-electron chi connectivity index (χ1n) is 20.1. The Kier molecular flexibility index (Phi) is 8.75. The Morgan fingerprint density at radius 1 is 0.267 bits per heavy atom. The minimum atomic E-state index is 0.685. The summed E-state index contributed by atoms with van der Waals surface area (Å²) in [7, 11) is 0. The molecule has 11 rings (SSSR count). The van der Waals surface area contributed by atoms with E-state index in [1.54, 1.807) is 0 Å². The largest absolute Gasteiger partial charge is 0.247 e. The number of pyridine rings is 1. The fraction of sp³-hybridized carbons (Fsp3) is 0. The Labute approximate surface area is 347 Å². The zero-order valence-corrected chi connectivity index (χ0v) is 32.4. The number of hydrogen-bond donors (Lipinski definition) is 0.